The summed E-state index contributed by atoms with van der Waals surface area (Å²) in [6.45, 7) is 1.38. The lowest BCUT2D eigenvalue weighted by molar-refractivity contribution is -0.115. The number of anilines is 3. The molecule has 0 aliphatic carbocycles. The van der Waals surface area contributed by atoms with E-state index in [-0.39, 0.29) is 28.8 Å². The van der Waals surface area contributed by atoms with Crippen molar-refractivity contribution in [2.75, 3.05) is 34.7 Å². The van der Waals surface area contributed by atoms with Crippen molar-refractivity contribution in [3.63, 3.8) is 0 Å². The number of sulfonamides is 1. The normalized spacial score (nSPS) is 12.5. The van der Waals surface area contributed by atoms with E-state index in [1.165, 1.54) is 43.3 Å². The van der Waals surface area contributed by atoms with Crippen LogP contribution in [0.4, 0.5) is 21.5 Å². The van der Waals surface area contributed by atoms with Crippen LogP contribution in [0.3, 0.4) is 0 Å². The number of ether oxygens (including phenoxy) is 2. The minimum Gasteiger partial charge on any atom is -0.486 e. The summed E-state index contributed by atoms with van der Waals surface area (Å²) in [7, 11) is -4.29. The summed E-state index contributed by atoms with van der Waals surface area (Å²) in [4.78, 5) is 23.9. The van der Waals surface area contributed by atoms with Crippen LogP contribution in [0.25, 0.3) is 0 Å². The Labute approximate surface area is 201 Å². The molecule has 2 N–H and O–H groups in total. The summed E-state index contributed by atoms with van der Waals surface area (Å²) in [6.07, 6.45) is 0. The first-order chi connectivity index (χ1) is 16.7. The number of carbonyl (C=O) groups excluding carboxylic acids is 2. The first kappa shape index (κ1) is 24.0. The Morgan fingerprint density at radius 2 is 1.57 bits per heavy atom. The summed E-state index contributed by atoms with van der Waals surface area (Å²) in [5.41, 5.74) is 0.911. The minimum atomic E-state index is -4.29. The van der Waals surface area contributed by atoms with Gasteiger partial charge in [0.05, 0.1) is 10.6 Å². The molecule has 35 heavy (non-hydrogen) atoms. The number of nitrogens with zero attached hydrogens (tertiary/aromatic N) is 1. The minimum absolute atomic E-state index is 0.0176. The van der Waals surface area contributed by atoms with Gasteiger partial charge in [0.25, 0.3) is 10.0 Å². The van der Waals surface area contributed by atoms with Crippen LogP contribution in [0.5, 0.6) is 11.5 Å². The van der Waals surface area contributed by atoms with Crippen molar-refractivity contribution in [2.24, 2.45) is 0 Å². The van der Waals surface area contributed by atoms with Crippen molar-refractivity contribution < 1.29 is 31.9 Å². The van der Waals surface area contributed by atoms with E-state index >= 15 is 0 Å². The van der Waals surface area contributed by atoms with Crippen molar-refractivity contribution in [3.05, 3.63) is 72.5 Å². The van der Waals surface area contributed by atoms with Crippen LogP contribution < -0.4 is 24.4 Å². The fourth-order valence-corrected chi connectivity index (χ4v) is 4.86. The van der Waals surface area contributed by atoms with Gasteiger partial charge in [-0.25, -0.2) is 12.8 Å². The second-order valence-electron chi connectivity index (χ2n) is 7.60. The summed E-state index contributed by atoms with van der Waals surface area (Å²) >= 11 is 0. The zero-order valence-corrected chi connectivity index (χ0v) is 19.5. The molecule has 1 aliphatic rings. The van der Waals surface area contributed by atoms with Crippen molar-refractivity contribution in [2.45, 2.75) is 11.8 Å². The second-order valence-corrected chi connectivity index (χ2v) is 9.47. The predicted octanol–water partition coefficient (Wildman–Crippen LogP) is 3.39. The maximum Gasteiger partial charge on any atom is 0.264 e. The number of fused-ring (bicyclic) bond motifs is 1. The van der Waals surface area contributed by atoms with Crippen molar-refractivity contribution >= 4 is 38.9 Å². The van der Waals surface area contributed by atoms with E-state index in [9.17, 15) is 22.4 Å². The van der Waals surface area contributed by atoms with Gasteiger partial charge in [0.1, 0.15) is 25.6 Å². The number of amides is 2. The number of hydrogen-bond acceptors (Lipinski definition) is 6. The summed E-state index contributed by atoms with van der Waals surface area (Å²) in [6, 6.07) is 15.4. The van der Waals surface area contributed by atoms with E-state index in [0.29, 0.717) is 23.7 Å². The van der Waals surface area contributed by atoms with Crippen LogP contribution in [-0.4, -0.2) is 40.0 Å². The van der Waals surface area contributed by atoms with Crippen LogP contribution in [-0.2, 0) is 19.6 Å². The van der Waals surface area contributed by atoms with Gasteiger partial charge in [0.2, 0.25) is 11.8 Å². The third-order valence-corrected chi connectivity index (χ3v) is 6.74. The first-order valence-corrected chi connectivity index (χ1v) is 12.0. The largest absolute Gasteiger partial charge is 0.486 e. The molecule has 9 nitrogen and oxygen atoms in total. The van der Waals surface area contributed by atoms with Gasteiger partial charge in [-0.2, -0.15) is 0 Å². The molecule has 3 aromatic carbocycles. The van der Waals surface area contributed by atoms with E-state index in [1.54, 1.807) is 24.3 Å². The average molecular weight is 500 g/mol. The molecule has 0 atom stereocenters. The molecule has 0 spiro atoms. The van der Waals surface area contributed by atoms with Gasteiger partial charge in [-0.3, -0.25) is 13.9 Å². The quantitative estimate of drug-likeness (QED) is 0.515. The fourth-order valence-electron chi connectivity index (χ4n) is 3.43. The molecule has 0 radical (unpaired) electrons. The highest BCUT2D eigenvalue weighted by molar-refractivity contribution is 7.92. The highest BCUT2D eigenvalue weighted by Gasteiger charge is 2.29. The lowest BCUT2D eigenvalue weighted by atomic mass is 10.2. The molecule has 0 aromatic heterocycles. The highest BCUT2D eigenvalue weighted by atomic mass is 32.2. The van der Waals surface area contributed by atoms with Gasteiger partial charge in [0, 0.05) is 24.4 Å². The lowest BCUT2D eigenvalue weighted by Gasteiger charge is -2.25. The SMILES string of the molecule is CC(=O)Nc1ccc(NC(=O)CN(c2cccc(F)c2)S(=O)(=O)c2ccc3c(c2)OCCO3)cc1. The molecule has 0 unspecified atom stereocenters. The maximum absolute atomic E-state index is 14.0. The van der Waals surface area contributed by atoms with Crippen molar-refractivity contribution in [3.8, 4) is 11.5 Å². The topological polar surface area (TPSA) is 114 Å². The van der Waals surface area contributed by atoms with Gasteiger partial charge in [-0.05, 0) is 54.6 Å². The Morgan fingerprint density at radius 3 is 2.23 bits per heavy atom. The van der Waals surface area contributed by atoms with Gasteiger partial charge in [-0.1, -0.05) is 6.07 Å². The van der Waals surface area contributed by atoms with Crippen LogP contribution in [0.1, 0.15) is 6.92 Å². The summed E-state index contributed by atoms with van der Waals surface area (Å²) in [5.74, 6) is -0.869. The molecule has 4 rings (SSSR count). The number of nitrogens with one attached hydrogen (secondary N) is 2. The molecule has 1 aliphatic heterocycles. The molecule has 0 bridgehead atoms. The van der Waals surface area contributed by atoms with Gasteiger partial charge in [-0.15, -0.1) is 0 Å². The van der Waals surface area contributed by atoms with Crippen LogP contribution >= 0.6 is 0 Å². The molecule has 11 heteroatoms. The Bertz CT molecular complexity index is 1360. The third kappa shape index (κ3) is 5.69. The summed E-state index contributed by atoms with van der Waals surface area (Å²) in [5, 5.41) is 5.22. The highest BCUT2D eigenvalue weighted by Crippen LogP contribution is 2.34. The number of hydrogen-bond donors (Lipinski definition) is 2. The molecule has 0 saturated heterocycles. The van der Waals surface area contributed by atoms with E-state index in [0.717, 1.165) is 10.4 Å². The number of halogens is 1. The smallest absolute Gasteiger partial charge is 0.264 e. The Morgan fingerprint density at radius 1 is 0.914 bits per heavy atom. The number of rotatable bonds is 7. The van der Waals surface area contributed by atoms with E-state index in [2.05, 4.69) is 10.6 Å². The zero-order chi connectivity index (χ0) is 25.0. The molecule has 2 amide bonds. The Hall–Kier alpha value is -4.12. The molecule has 1 heterocycles. The van der Waals surface area contributed by atoms with Crippen molar-refractivity contribution in [1.29, 1.82) is 0 Å². The number of benzene rings is 3. The van der Waals surface area contributed by atoms with Crippen LogP contribution in [0, 0.1) is 5.82 Å². The standard InChI is InChI=1S/C24H22FN3O6S/c1-16(29)26-18-5-7-19(8-6-18)27-24(30)15-28(20-4-2-3-17(25)13-20)35(31,32)21-9-10-22-23(14-21)34-12-11-33-22/h2-10,13-14H,11-12,15H2,1H3,(H,26,29)(H,27,30). The summed E-state index contributed by atoms with van der Waals surface area (Å²) < 4.78 is 52.8. The van der Waals surface area contributed by atoms with Crippen LogP contribution in [0.2, 0.25) is 0 Å². The predicted molar refractivity (Wildman–Crippen MR) is 128 cm³/mol. The first-order valence-electron chi connectivity index (χ1n) is 10.6. The number of carbonyl (C=O) groups is 2. The Balaban J connectivity index is 1.61. The average Bonchev–Trinajstić information content (AvgIpc) is 2.83. The molecule has 182 valence electrons. The lowest BCUT2D eigenvalue weighted by Crippen LogP contribution is -2.38. The van der Waals surface area contributed by atoms with Crippen molar-refractivity contribution in [1.82, 2.24) is 0 Å². The molecular weight excluding hydrogens is 477 g/mol. The Kier molecular flexibility index (Phi) is 6.87. The van der Waals surface area contributed by atoms with Gasteiger partial charge in [0.15, 0.2) is 11.5 Å². The molecule has 0 fully saturated rings. The molecule has 0 saturated carbocycles. The van der Waals surface area contributed by atoms with Gasteiger partial charge < -0.3 is 20.1 Å². The van der Waals surface area contributed by atoms with E-state index in [4.69, 9.17) is 9.47 Å². The van der Waals surface area contributed by atoms with Crippen LogP contribution in [0.15, 0.2) is 71.6 Å². The van der Waals surface area contributed by atoms with E-state index in [1.807, 2.05) is 0 Å². The fraction of sp³-hybridized carbons (Fsp3) is 0.167. The maximum atomic E-state index is 14.0. The second kappa shape index (κ2) is 10.0. The molecular formula is C24H22FN3O6S. The zero-order valence-electron chi connectivity index (χ0n) is 18.7. The van der Waals surface area contributed by atoms with Gasteiger partial charge >= 0.3 is 0 Å². The third-order valence-electron chi connectivity index (χ3n) is 4.97. The monoisotopic (exact) mass is 499 g/mol. The van der Waals surface area contributed by atoms with E-state index < -0.39 is 28.3 Å². The molecule has 3 aromatic rings.